The van der Waals surface area contributed by atoms with Crippen LogP contribution < -0.4 is 5.32 Å². The van der Waals surface area contributed by atoms with E-state index >= 15 is 0 Å². The number of carbonyl (C=O) groups is 1. The zero-order valence-corrected chi connectivity index (χ0v) is 12.8. The van der Waals surface area contributed by atoms with Crippen molar-refractivity contribution in [1.82, 2.24) is 20.0 Å². The van der Waals surface area contributed by atoms with E-state index in [-0.39, 0.29) is 6.04 Å². The average Bonchev–Trinajstić information content (AvgIpc) is 3.22. The lowest BCUT2D eigenvalue weighted by molar-refractivity contribution is -0.137. The van der Waals surface area contributed by atoms with Gasteiger partial charge in [0, 0.05) is 44.8 Å². The molecule has 5 heteroatoms. The maximum Gasteiger partial charge on any atom is 0.239 e. The highest BCUT2D eigenvalue weighted by Gasteiger charge is 2.35. The van der Waals surface area contributed by atoms with E-state index in [1.165, 1.54) is 12.8 Å². The Labute approximate surface area is 122 Å². The highest BCUT2D eigenvalue weighted by molar-refractivity contribution is 5.82. The fourth-order valence-corrected chi connectivity index (χ4v) is 3.36. The van der Waals surface area contributed by atoms with Crippen molar-refractivity contribution in [2.45, 2.75) is 43.8 Å². The van der Waals surface area contributed by atoms with Crippen molar-refractivity contribution in [2.24, 2.45) is 0 Å². The van der Waals surface area contributed by atoms with E-state index in [1.54, 1.807) is 0 Å². The first kappa shape index (κ1) is 14.3. The molecule has 20 heavy (non-hydrogen) atoms. The first-order valence-corrected chi connectivity index (χ1v) is 8.07. The number of carbonyl (C=O) groups excluding carboxylic acids is 1. The van der Waals surface area contributed by atoms with Crippen molar-refractivity contribution >= 4 is 5.91 Å². The lowest BCUT2D eigenvalue weighted by Crippen LogP contribution is -2.58. The molecule has 3 rings (SSSR count). The molecule has 0 aromatic rings. The quantitative estimate of drug-likeness (QED) is 0.785. The van der Waals surface area contributed by atoms with Gasteiger partial charge in [0.2, 0.25) is 5.91 Å². The van der Waals surface area contributed by atoms with Crippen molar-refractivity contribution in [1.29, 1.82) is 0 Å². The molecule has 2 aliphatic heterocycles. The second-order valence-electron chi connectivity index (χ2n) is 6.82. The molecule has 1 N–H and O–H groups in total. The first-order valence-electron chi connectivity index (χ1n) is 8.07. The van der Waals surface area contributed by atoms with Gasteiger partial charge in [0.1, 0.15) is 0 Å². The van der Waals surface area contributed by atoms with Gasteiger partial charge in [0.05, 0.1) is 6.04 Å². The van der Waals surface area contributed by atoms with Crippen LogP contribution in [-0.4, -0.2) is 85.6 Å². The molecule has 1 amide bonds. The number of nitrogens with one attached hydrogen (secondary N) is 1. The highest BCUT2D eigenvalue weighted by Crippen LogP contribution is 2.23. The number of piperidine rings is 1. The molecule has 0 radical (unpaired) electrons. The number of piperazine rings is 1. The molecule has 114 valence electrons. The van der Waals surface area contributed by atoms with Crippen molar-refractivity contribution in [3.63, 3.8) is 0 Å². The summed E-state index contributed by atoms with van der Waals surface area (Å²) in [6, 6.07) is 1.19. The smallest absolute Gasteiger partial charge is 0.239 e. The second-order valence-corrected chi connectivity index (χ2v) is 6.82. The van der Waals surface area contributed by atoms with E-state index in [2.05, 4.69) is 34.1 Å². The van der Waals surface area contributed by atoms with Crippen LogP contribution in [0.2, 0.25) is 0 Å². The van der Waals surface area contributed by atoms with Gasteiger partial charge in [-0.2, -0.15) is 0 Å². The van der Waals surface area contributed by atoms with Crippen LogP contribution in [0.1, 0.15) is 25.7 Å². The molecule has 0 aromatic heterocycles. The van der Waals surface area contributed by atoms with Crippen LogP contribution in [-0.2, 0) is 4.79 Å². The lowest BCUT2D eigenvalue weighted by Gasteiger charge is -2.42. The van der Waals surface area contributed by atoms with Gasteiger partial charge in [0.15, 0.2) is 0 Å². The van der Waals surface area contributed by atoms with E-state index in [4.69, 9.17) is 0 Å². The summed E-state index contributed by atoms with van der Waals surface area (Å²) in [6.07, 6.45) is 4.66. The van der Waals surface area contributed by atoms with Crippen LogP contribution in [0.15, 0.2) is 0 Å². The Kier molecular flexibility index (Phi) is 4.29. The molecular formula is C15H28N4O. The maximum absolute atomic E-state index is 12.6. The van der Waals surface area contributed by atoms with Crippen LogP contribution in [0.25, 0.3) is 0 Å². The third-order valence-corrected chi connectivity index (χ3v) is 4.96. The Hall–Kier alpha value is -0.650. The summed E-state index contributed by atoms with van der Waals surface area (Å²) >= 11 is 0. The fraction of sp³-hybridized carbons (Fsp3) is 0.933. The number of rotatable bonds is 4. The lowest BCUT2D eigenvalue weighted by atomic mass is 10.0. The Bertz CT molecular complexity index is 358. The number of nitrogens with zero attached hydrogens (tertiary/aromatic N) is 3. The van der Waals surface area contributed by atoms with Gasteiger partial charge in [-0.25, -0.2) is 0 Å². The van der Waals surface area contributed by atoms with E-state index in [0.29, 0.717) is 18.0 Å². The minimum atomic E-state index is 0.0860. The van der Waals surface area contributed by atoms with E-state index in [0.717, 1.165) is 45.6 Å². The van der Waals surface area contributed by atoms with E-state index < -0.39 is 0 Å². The summed E-state index contributed by atoms with van der Waals surface area (Å²) in [5.74, 6) is 0.338. The van der Waals surface area contributed by atoms with Crippen LogP contribution in [0.5, 0.6) is 0 Å². The fourth-order valence-electron chi connectivity index (χ4n) is 3.36. The molecule has 2 heterocycles. The van der Waals surface area contributed by atoms with E-state index in [9.17, 15) is 4.79 Å². The number of likely N-dealkylation sites (N-methyl/N-ethyl adjacent to an activating group) is 2. The number of likely N-dealkylation sites (tertiary alicyclic amines) is 1. The normalized spacial score (nSPS) is 33.7. The zero-order valence-electron chi connectivity index (χ0n) is 12.8. The first-order chi connectivity index (χ1) is 9.63. The molecular weight excluding hydrogens is 252 g/mol. The van der Waals surface area contributed by atoms with Gasteiger partial charge < -0.3 is 15.1 Å². The molecule has 3 aliphatic rings. The molecule has 5 nitrogen and oxygen atoms in total. The topological polar surface area (TPSA) is 38.8 Å². The Morgan fingerprint density at radius 3 is 2.70 bits per heavy atom. The Balaban J connectivity index is 1.56. The summed E-state index contributed by atoms with van der Waals surface area (Å²) in [7, 11) is 4.36. The van der Waals surface area contributed by atoms with Gasteiger partial charge in [-0.15, -0.1) is 0 Å². The maximum atomic E-state index is 12.6. The third-order valence-electron chi connectivity index (χ3n) is 4.96. The van der Waals surface area contributed by atoms with Gasteiger partial charge >= 0.3 is 0 Å². The van der Waals surface area contributed by atoms with Crippen LogP contribution in [0, 0.1) is 0 Å². The van der Waals surface area contributed by atoms with Crippen molar-refractivity contribution in [3.8, 4) is 0 Å². The summed E-state index contributed by atoms with van der Waals surface area (Å²) < 4.78 is 0. The van der Waals surface area contributed by atoms with Crippen LogP contribution in [0.3, 0.4) is 0 Å². The Morgan fingerprint density at radius 2 is 1.95 bits per heavy atom. The predicted octanol–water partition coefficient (Wildman–Crippen LogP) is -0.0248. The molecule has 1 saturated carbocycles. The largest absolute Gasteiger partial charge is 0.340 e. The molecule has 2 saturated heterocycles. The molecule has 2 atom stereocenters. The zero-order chi connectivity index (χ0) is 14.1. The van der Waals surface area contributed by atoms with Crippen molar-refractivity contribution < 1.29 is 4.79 Å². The second kappa shape index (κ2) is 6.00. The van der Waals surface area contributed by atoms with Gasteiger partial charge in [-0.3, -0.25) is 9.69 Å². The third kappa shape index (κ3) is 3.32. The SMILES string of the molecule is CN1CCN(C)C(CN2CCCC(NC3CC3)C2=O)C1. The molecule has 3 fully saturated rings. The van der Waals surface area contributed by atoms with Crippen LogP contribution in [0.4, 0.5) is 0 Å². The summed E-state index contributed by atoms with van der Waals surface area (Å²) in [4.78, 5) is 19.5. The number of hydrogen-bond donors (Lipinski definition) is 1. The number of hydrogen-bond acceptors (Lipinski definition) is 4. The number of amides is 1. The standard InChI is InChI=1S/C15H28N4O/c1-17-8-9-18(2)13(10-17)11-19-7-3-4-14(15(19)20)16-12-5-6-12/h12-14,16H,3-11H2,1-2H3. The van der Waals surface area contributed by atoms with Crippen LogP contribution >= 0.6 is 0 Å². The molecule has 1 aliphatic carbocycles. The molecule has 0 bridgehead atoms. The minimum Gasteiger partial charge on any atom is -0.340 e. The molecule has 0 aromatic carbocycles. The Morgan fingerprint density at radius 1 is 1.15 bits per heavy atom. The molecule has 2 unspecified atom stereocenters. The average molecular weight is 280 g/mol. The van der Waals surface area contributed by atoms with Gasteiger partial charge in [0.25, 0.3) is 0 Å². The summed E-state index contributed by atoms with van der Waals surface area (Å²) in [5, 5.41) is 3.51. The predicted molar refractivity (Wildman–Crippen MR) is 79.7 cm³/mol. The summed E-state index contributed by atoms with van der Waals surface area (Å²) in [5.41, 5.74) is 0. The monoisotopic (exact) mass is 280 g/mol. The van der Waals surface area contributed by atoms with Crippen molar-refractivity contribution in [3.05, 3.63) is 0 Å². The van der Waals surface area contributed by atoms with E-state index in [1.807, 2.05) is 0 Å². The minimum absolute atomic E-state index is 0.0860. The van der Waals surface area contributed by atoms with Crippen molar-refractivity contribution in [2.75, 3.05) is 46.8 Å². The van der Waals surface area contributed by atoms with Gasteiger partial charge in [-0.1, -0.05) is 0 Å². The summed E-state index contributed by atoms with van der Waals surface area (Å²) in [6.45, 7) is 5.14. The highest BCUT2D eigenvalue weighted by atomic mass is 16.2. The van der Waals surface area contributed by atoms with Gasteiger partial charge in [-0.05, 0) is 39.8 Å². The molecule has 0 spiro atoms.